The van der Waals surface area contributed by atoms with Crippen LogP contribution in [0.5, 0.6) is 0 Å². The Morgan fingerprint density at radius 1 is 1.32 bits per heavy atom. The van der Waals surface area contributed by atoms with E-state index >= 15 is 0 Å². The summed E-state index contributed by atoms with van der Waals surface area (Å²) in [6.45, 7) is 1.58. The van der Waals surface area contributed by atoms with Crippen LogP contribution >= 0.6 is 15.9 Å². The summed E-state index contributed by atoms with van der Waals surface area (Å²) in [5, 5.41) is 0. The lowest BCUT2D eigenvalue weighted by Gasteiger charge is -2.31. The Kier molecular flexibility index (Phi) is 4.52. The third-order valence-corrected chi connectivity index (χ3v) is 3.91. The van der Waals surface area contributed by atoms with Gasteiger partial charge >= 0.3 is 0 Å². The van der Waals surface area contributed by atoms with Gasteiger partial charge in [0.2, 0.25) is 0 Å². The molecule has 0 aliphatic carbocycles. The van der Waals surface area contributed by atoms with Crippen molar-refractivity contribution in [2.45, 2.75) is 12.8 Å². The summed E-state index contributed by atoms with van der Waals surface area (Å²) in [5.74, 6) is -1.86. The van der Waals surface area contributed by atoms with Crippen molar-refractivity contribution in [1.82, 2.24) is 4.90 Å². The van der Waals surface area contributed by atoms with E-state index in [1.54, 1.807) is 0 Å². The predicted octanol–water partition coefficient (Wildman–Crippen LogP) is 2.54. The Hall–Kier alpha value is -1.01. The zero-order chi connectivity index (χ0) is 14.0. The Bertz CT molecular complexity index is 465. The van der Waals surface area contributed by atoms with E-state index < -0.39 is 23.1 Å². The third kappa shape index (κ3) is 3.12. The lowest BCUT2D eigenvalue weighted by Crippen LogP contribution is -2.40. The topological polar surface area (TPSA) is 46.3 Å². The van der Waals surface area contributed by atoms with Crippen LogP contribution in [0.25, 0.3) is 0 Å². The van der Waals surface area contributed by atoms with E-state index in [2.05, 4.69) is 15.9 Å². The molecule has 0 radical (unpaired) electrons. The molecule has 1 fully saturated rings. The van der Waals surface area contributed by atoms with E-state index in [-0.39, 0.29) is 4.47 Å². The molecule has 1 aromatic carbocycles. The molecule has 1 aromatic rings. The summed E-state index contributed by atoms with van der Waals surface area (Å²) in [6.07, 6.45) is 1.56. The van der Waals surface area contributed by atoms with Crippen LogP contribution in [0, 0.1) is 17.6 Å². The van der Waals surface area contributed by atoms with Gasteiger partial charge in [-0.05, 0) is 37.4 Å². The van der Waals surface area contributed by atoms with Crippen molar-refractivity contribution in [3.05, 3.63) is 33.8 Å². The van der Waals surface area contributed by atoms with Crippen molar-refractivity contribution in [1.29, 1.82) is 0 Å². The number of benzene rings is 1. The Balaban J connectivity index is 2.17. The van der Waals surface area contributed by atoms with Crippen molar-refractivity contribution < 1.29 is 13.6 Å². The summed E-state index contributed by atoms with van der Waals surface area (Å²) >= 11 is 2.99. The van der Waals surface area contributed by atoms with Gasteiger partial charge in [0, 0.05) is 17.6 Å². The van der Waals surface area contributed by atoms with E-state index in [1.165, 1.54) is 4.90 Å². The van der Waals surface area contributed by atoms with E-state index in [0.717, 1.165) is 25.0 Å². The fourth-order valence-electron chi connectivity index (χ4n) is 2.28. The summed E-state index contributed by atoms with van der Waals surface area (Å²) in [7, 11) is 0. The molecule has 19 heavy (non-hydrogen) atoms. The van der Waals surface area contributed by atoms with Crippen LogP contribution in [0.3, 0.4) is 0 Å². The van der Waals surface area contributed by atoms with Gasteiger partial charge in [-0.3, -0.25) is 4.79 Å². The molecule has 1 heterocycles. The maximum absolute atomic E-state index is 13.7. The number of hydrogen-bond acceptors (Lipinski definition) is 2. The maximum atomic E-state index is 13.7. The molecule has 1 amide bonds. The molecular weight excluding hydrogens is 318 g/mol. The molecule has 2 N–H and O–H groups in total. The molecule has 0 unspecified atom stereocenters. The van der Waals surface area contributed by atoms with Crippen LogP contribution in [0.4, 0.5) is 8.78 Å². The first kappa shape index (κ1) is 14.4. The molecule has 1 aliphatic heterocycles. The molecular formula is C13H15BrF2N2O. The molecule has 0 saturated carbocycles. The first-order chi connectivity index (χ1) is 9.02. The van der Waals surface area contributed by atoms with Crippen LogP contribution in [-0.4, -0.2) is 30.4 Å². The number of rotatable bonds is 2. The van der Waals surface area contributed by atoms with Crippen molar-refractivity contribution in [3.8, 4) is 0 Å². The number of likely N-dealkylation sites (tertiary alicyclic amines) is 1. The molecule has 2 rings (SSSR count). The van der Waals surface area contributed by atoms with E-state index in [1.807, 2.05) is 0 Å². The zero-order valence-corrected chi connectivity index (χ0v) is 11.9. The van der Waals surface area contributed by atoms with Crippen molar-refractivity contribution >= 4 is 21.8 Å². The van der Waals surface area contributed by atoms with Gasteiger partial charge in [0.1, 0.15) is 17.2 Å². The standard InChI is InChI=1S/C13H15BrF2N2O/c14-9-5-10(15)12(11(16)6-9)13(19)18-3-1-8(7-17)2-4-18/h5-6,8H,1-4,7,17H2. The maximum Gasteiger partial charge on any atom is 0.259 e. The van der Waals surface area contributed by atoms with Crippen LogP contribution in [0.2, 0.25) is 0 Å². The SMILES string of the molecule is NCC1CCN(C(=O)c2c(F)cc(Br)cc2F)CC1. The molecule has 0 aromatic heterocycles. The monoisotopic (exact) mass is 332 g/mol. The lowest BCUT2D eigenvalue weighted by molar-refractivity contribution is 0.0683. The molecule has 0 atom stereocenters. The average molecular weight is 333 g/mol. The van der Waals surface area contributed by atoms with Gasteiger partial charge in [-0.25, -0.2) is 8.78 Å². The van der Waals surface area contributed by atoms with Gasteiger partial charge in [-0.15, -0.1) is 0 Å². The highest BCUT2D eigenvalue weighted by molar-refractivity contribution is 9.10. The van der Waals surface area contributed by atoms with Crippen molar-refractivity contribution in [3.63, 3.8) is 0 Å². The summed E-state index contributed by atoms with van der Waals surface area (Å²) < 4.78 is 27.7. The van der Waals surface area contributed by atoms with E-state index in [0.29, 0.717) is 25.6 Å². The van der Waals surface area contributed by atoms with Crippen LogP contribution in [0.15, 0.2) is 16.6 Å². The second kappa shape index (κ2) is 5.96. The minimum atomic E-state index is -0.835. The normalized spacial score (nSPS) is 16.7. The predicted molar refractivity (Wildman–Crippen MR) is 71.7 cm³/mol. The summed E-state index contributed by atoms with van der Waals surface area (Å²) in [4.78, 5) is 13.6. The van der Waals surface area contributed by atoms with Crippen LogP contribution < -0.4 is 5.73 Å². The lowest BCUT2D eigenvalue weighted by atomic mass is 9.96. The van der Waals surface area contributed by atoms with E-state index in [9.17, 15) is 13.6 Å². The highest BCUT2D eigenvalue weighted by atomic mass is 79.9. The average Bonchev–Trinajstić information content (AvgIpc) is 2.37. The molecule has 3 nitrogen and oxygen atoms in total. The number of carbonyl (C=O) groups is 1. The van der Waals surface area contributed by atoms with Gasteiger partial charge in [-0.2, -0.15) is 0 Å². The molecule has 6 heteroatoms. The second-order valence-corrected chi connectivity index (χ2v) is 5.63. The number of piperidine rings is 1. The molecule has 1 aliphatic rings. The molecule has 0 bridgehead atoms. The summed E-state index contributed by atoms with van der Waals surface area (Å²) in [5.41, 5.74) is 5.09. The van der Waals surface area contributed by atoms with Crippen LogP contribution in [0.1, 0.15) is 23.2 Å². The molecule has 1 saturated heterocycles. The van der Waals surface area contributed by atoms with Crippen molar-refractivity contribution in [2.75, 3.05) is 19.6 Å². The highest BCUT2D eigenvalue weighted by Gasteiger charge is 2.27. The number of halogens is 3. The second-order valence-electron chi connectivity index (χ2n) is 4.72. The third-order valence-electron chi connectivity index (χ3n) is 3.46. The quantitative estimate of drug-likeness (QED) is 0.904. The number of amides is 1. The molecule has 104 valence electrons. The Morgan fingerprint density at radius 3 is 2.32 bits per heavy atom. The van der Waals surface area contributed by atoms with Gasteiger partial charge in [0.25, 0.3) is 5.91 Å². The number of nitrogens with two attached hydrogens (primary N) is 1. The smallest absolute Gasteiger partial charge is 0.259 e. The fraction of sp³-hybridized carbons (Fsp3) is 0.462. The zero-order valence-electron chi connectivity index (χ0n) is 10.3. The van der Waals surface area contributed by atoms with Crippen LogP contribution in [-0.2, 0) is 0 Å². The van der Waals surface area contributed by atoms with Gasteiger partial charge in [0.15, 0.2) is 0 Å². The molecule has 0 spiro atoms. The number of carbonyl (C=O) groups excluding carboxylic acids is 1. The Labute approximate surface area is 118 Å². The van der Waals surface area contributed by atoms with Gasteiger partial charge in [0.05, 0.1) is 0 Å². The largest absolute Gasteiger partial charge is 0.338 e. The first-order valence-corrected chi connectivity index (χ1v) is 6.96. The van der Waals surface area contributed by atoms with E-state index in [4.69, 9.17) is 5.73 Å². The highest BCUT2D eigenvalue weighted by Crippen LogP contribution is 2.23. The number of nitrogens with zero attached hydrogens (tertiary/aromatic N) is 1. The minimum Gasteiger partial charge on any atom is -0.338 e. The first-order valence-electron chi connectivity index (χ1n) is 6.16. The summed E-state index contributed by atoms with van der Waals surface area (Å²) in [6, 6.07) is 2.20. The Morgan fingerprint density at radius 2 is 1.84 bits per heavy atom. The fourth-order valence-corrected chi connectivity index (χ4v) is 2.68. The number of hydrogen-bond donors (Lipinski definition) is 1. The van der Waals surface area contributed by atoms with Crippen molar-refractivity contribution in [2.24, 2.45) is 11.7 Å². The minimum absolute atomic E-state index is 0.279. The van der Waals surface area contributed by atoms with Gasteiger partial charge < -0.3 is 10.6 Å². The van der Waals surface area contributed by atoms with Gasteiger partial charge in [-0.1, -0.05) is 15.9 Å².